The third-order valence-corrected chi connectivity index (χ3v) is 9.30. The number of allylic oxidation sites excluding steroid dienone is 3. The van der Waals surface area contributed by atoms with E-state index in [4.69, 9.17) is 18.9 Å². The maximum atomic E-state index is 13.1. The number of carbonyl (C=O) groups is 3. The first-order valence-corrected chi connectivity index (χ1v) is 18.1. The fourth-order valence-electron chi connectivity index (χ4n) is 5.51. The van der Waals surface area contributed by atoms with E-state index in [2.05, 4.69) is 49.8 Å². The molecule has 2 atom stereocenters. The van der Waals surface area contributed by atoms with Crippen molar-refractivity contribution in [1.29, 1.82) is 15.8 Å². The van der Waals surface area contributed by atoms with Gasteiger partial charge in [-0.05, 0) is 75.5 Å². The molecule has 1 aliphatic heterocycles. The SMILES string of the molecule is C=CC(=O)OCCOC(=O)/C(C#N)=C(CC(C)(C)C)/C(C#N)=C(\I)N(C)CCNC1=C(C2CN2)/C(=C(\C#N)C(=O)OCCOC(O)C=C)CC(C)(C)C1. The topological polar surface area (TPSA) is 217 Å². The summed E-state index contributed by atoms with van der Waals surface area (Å²) in [6.07, 6.45) is 2.35. The largest absolute Gasteiger partial charge is 0.459 e. The van der Waals surface area contributed by atoms with E-state index in [1.54, 1.807) is 7.05 Å². The molecule has 1 aliphatic carbocycles. The van der Waals surface area contributed by atoms with Gasteiger partial charge in [0.05, 0.1) is 15.9 Å². The maximum Gasteiger partial charge on any atom is 0.349 e. The summed E-state index contributed by atoms with van der Waals surface area (Å²) in [7, 11) is 1.79. The summed E-state index contributed by atoms with van der Waals surface area (Å²) in [5.41, 5.74) is 1.65. The number of esters is 3. The number of halogens is 1. The van der Waals surface area contributed by atoms with Crippen LogP contribution in [0.1, 0.15) is 53.9 Å². The number of nitrogens with zero attached hydrogens (tertiary/aromatic N) is 4. The summed E-state index contributed by atoms with van der Waals surface area (Å²) < 4.78 is 21.0. The highest BCUT2D eigenvalue weighted by molar-refractivity contribution is 14.1. The summed E-state index contributed by atoms with van der Waals surface area (Å²) in [5, 5.41) is 46.9. The summed E-state index contributed by atoms with van der Waals surface area (Å²) in [4.78, 5) is 39.3. The van der Waals surface area contributed by atoms with Crippen LogP contribution < -0.4 is 10.6 Å². The van der Waals surface area contributed by atoms with Crippen molar-refractivity contribution < 1.29 is 38.4 Å². The summed E-state index contributed by atoms with van der Waals surface area (Å²) in [5.74, 6) is -2.38. The third kappa shape index (κ3) is 14.1. The highest BCUT2D eigenvalue weighted by Gasteiger charge is 2.40. The minimum atomic E-state index is -1.19. The molecule has 1 fully saturated rings. The highest BCUT2D eigenvalue weighted by atomic mass is 127. The van der Waals surface area contributed by atoms with E-state index in [0.717, 1.165) is 17.3 Å². The molecule has 286 valence electrons. The van der Waals surface area contributed by atoms with Crippen LogP contribution in [0.25, 0.3) is 0 Å². The molecule has 0 amide bonds. The van der Waals surface area contributed by atoms with Crippen molar-refractivity contribution in [2.75, 3.05) is 53.1 Å². The first-order chi connectivity index (χ1) is 24.9. The van der Waals surface area contributed by atoms with Crippen molar-refractivity contribution in [3.63, 3.8) is 0 Å². The minimum absolute atomic E-state index is 0.0444. The Balaban J connectivity index is 2.39. The molecule has 15 heteroatoms. The number of aliphatic hydroxyl groups is 1. The molecule has 0 aromatic carbocycles. The zero-order valence-corrected chi connectivity index (χ0v) is 33.4. The summed E-state index contributed by atoms with van der Waals surface area (Å²) in [6, 6.07) is 6.14. The van der Waals surface area contributed by atoms with Gasteiger partial charge in [0.25, 0.3) is 0 Å². The first kappa shape index (κ1) is 44.7. The van der Waals surface area contributed by atoms with E-state index in [0.29, 0.717) is 41.8 Å². The fourth-order valence-corrected chi connectivity index (χ4v) is 6.20. The van der Waals surface area contributed by atoms with Crippen LogP contribution in [0.15, 0.2) is 68.1 Å². The van der Waals surface area contributed by atoms with Crippen molar-refractivity contribution in [2.45, 2.75) is 66.2 Å². The summed E-state index contributed by atoms with van der Waals surface area (Å²) in [6.45, 7) is 17.4. The van der Waals surface area contributed by atoms with Gasteiger partial charge < -0.3 is 39.6 Å². The molecule has 0 spiro atoms. The Labute approximate surface area is 325 Å². The molecule has 3 N–H and O–H groups in total. The van der Waals surface area contributed by atoms with Gasteiger partial charge in [0.2, 0.25) is 0 Å². The van der Waals surface area contributed by atoms with Crippen LogP contribution >= 0.6 is 22.6 Å². The number of hydrogen-bond acceptors (Lipinski definition) is 14. The molecule has 0 saturated carbocycles. The Hall–Kier alpha value is -4.47. The quantitative estimate of drug-likeness (QED) is 0.0142. The number of carbonyl (C=O) groups excluding carboxylic acids is 3. The van der Waals surface area contributed by atoms with Crippen molar-refractivity contribution >= 4 is 40.5 Å². The molecule has 53 heavy (non-hydrogen) atoms. The van der Waals surface area contributed by atoms with Gasteiger partial charge >= 0.3 is 17.9 Å². The molecular weight excluding hydrogens is 795 g/mol. The number of ether oxygens (including phenoxy) is 4. The molecule has 2 unspecified atom stereocenters. The van der Waals surface area contributed by atoms with Crippen molar-refractivity contribution in [3.05, 3.63) is 68.1 Å². The number of rotatable bonds is 19. The lowest BCUT2D eigenvalue weighted by atomic mass is 9.71. The predicted octanol–water partition coefficient (Wildman–Crippen LogP) is 4.14. The standard InChI is InChI=1S/C38H49IN6O8/c1-9-31(46)50-13-15-52-35(48)27(21-41)24(17-37(3,4)5)26(20-40)34(39)45(8)12-11-43-29-19-38(6,7)18-25(33(29)30-23-44-30)28(22-42)36(49)53-16-14-51-32(47)10-2/h9-10,30,32,43-44,47H,1-2,11-19,23H2,3-8H3/b27-24+,28-25+,34-26+. The second-order valence-corrected chi connectivity index (χ2v) is 15.3. The zero-order chi connectivity index (χ0) is 39.9. The average molecular weight is 845 g/mol. The molecule has 1 heterocycles. The van der Waals surface area contributed by atoms with E-state index >= 15 is 0 Å². The normalized spacial score (nSPS) is 18.7. The summed E-state index contributed by atoms with van der Waals surface area (Å²) >= 11 is 2.03. The van der Waals surface area contributed by atoms with E-state index < -0.39 is 29.6 Å². The number of hydrogen-bond donors (Lipinski definition) is 3. The number of likely N-dealkylation sites (N-methyl/N-ethyl adjacent to an activating group) is 1. The molecule has 2 rings (SSSR count). The highest BCUT2D eigenvalue weighted by Crippen LogP contribution is 2.44. The Morgan fingerprint density at radius 2 is 1.64 bits per heavy atom. The van der Waals surface area contributed by atoms with E-state index in [9.17, 15) is 35.3 Å². The smallest absolute Gasteiger partial charge is 0.349 e. The monoisotopic (exact) mass is 844 g/mol. The molecule has 0 radical (unpaired) electrons. The molecule has 0 aromatic heterocycles. The van der Waals surface area contributed by atoms with Gasteiger partial charge in [0, 0.05) is 44.5 Å². The van der Waals surface area contributed by atoms with Gasteiger partial charge in [-0.2, -0.15) is 15.8 Å². The Morgan fingerprint density at radius 1 is 1.04 bits per heavy atom. The second kappa shape index (κ2) is 20.7. The number of aliphatic hydroxyl groups excluding tert-OH is 1. The average Bonchev–Trinajstić information content (AvgIpc) is 3.93. The second-order valence-electron chi connectivity index (χ2n) is 14.3. The van der Waals surface area contributed by atoms with Crippen LogP contribution in [0, 0.1) is 44.8 Å². The van der Waals surface area contributed by atoms with Crippen LogP contribution in [0.3, 0.4) is 0 Å². The lowest BCUT2D eigenvalue weighted by Crippen LogP contribution is -2.34. The van der Waals surface area contributed by atoms with Gasteiger partial charge in [-0.1, -0.05) is 47.8 Å². The van der Waals surface area contributed by atoms with Gasteiger partial charge in [0.1, 0.15) is 49.2 Å². The Morgan fingerprint density at radius 3 is 2.19 bits per heavy atom. The predicted molar refractivity (Wildman–Crippen MR) is 204 cm³/mol. The lowest BCUT2D eigenvalue weighted by Gasteiger charge is -2.36. The van der Waals surface area contributed by atoms with E-state index in [1.165, 1.54) is 6.08 Å². The first-order valence-electron chi connectivity index (χ1n) is 17.0. The molecule has 1 saturated heterocycles. The molecular formula is C38H49IN6O8. The maximum absolute atomic E-state index is 13.1. The van der Waals surface area contributed by atoms with Crippen molar-refractivity contribution in [2.24, 2.45) is 10.8 Å². The Bertz CT molecular complexity index is 1680. The number of nitrogens with one attached hydrogen (secondary N) is 2. The zero-order valence-electron chi connectivity index (χ0n) is 31.3. The molecule has 0 aromatic rings. The van der Waals surface area contributed by atoms with Gasteiger partial charge in [-0.15, -0.1) is 0 Å². The molecule has 0 bridgehead atoms. The van der Waals surface area contributed by atoms with Crippen molar-refractivity contribution in [1.82, 2.24) is 15.5 Å². The minimum Gasteiger partial charge on any atom is -0.459 e. The van der Waals surface area contributed by atoms with Gasteiger partial charge in [0.15, 0.2) is 6.29 Å². The lowest BCUT2D eigenvalue weighted by molar-refractivity contribution is -0.146. The van der Waals surface area contributed by atoms with E-state index in [1.807, 2.05) is 54.3 Å². The van der Waals surface area contributed by atoms with Crippen molar-refractivity contribution in [3.8, 4) is 18.2 Å². The van der Waals surface area contributed by atoms with Crippen LogP contribution in [-0.2, 0) is 33.3 Å². The van der Waals surface area contributed by atoms with Gasteiger partial charge in [-0.25, -0.2) is 14.4 Å². The molecule has 14 nitrogen and oxygen atoms in total. The van der Waals surface area contributed by atoms with Crippen LogP contribution in [0.5, 0.6) is 0 Å². The fraction of sp³-hybridized carbons (Fsp3) is 0.526. The van der Waals surface area contributed by atoms with Crippen LogP contribution in [0.2, 0.25) is 0 Å². The van der Waals surface area contributed by atoms with Gasteiger partial charge in [-0.3, -0.25) is 0 Å². The number of nitriles is 3. The van der Waals surface area contributed by atoms with E-state index in [-0.39, 0.29) is 66.6 Å². The molecule has 2 aliphatic rings. The van der Waals surface area contributed by atoms with Crippen LogP contribution in [0.4, 0.5) is 0 Å². The third-order valence-electron chi connectivity index (χ3n) is 7.93. The van der Waals surface area contributed by atoms with Crippen LogP contribution in [-0.4, -0.2) is 93.4 Å². The Kier molecular flexibility index (Phi) is 17.4.